The van der Waals surface area contributed by atoms with Crippen molar-refractivity contribution < 1.29 is 19.2 Å². The van der Waals surface area contributed by atoms with Crippen LogP contribution in [0.4, 0.5) is 4.39 Å². The molecule has 3 nitrogen and oxygen atoms in total. The van der Waals surface area contributed by atoms with Crippen molar-refractivity contribution in [2.24, 2.45) is 0 Å². The molecule has 0 aliphatic carbocycles. The molecular weight excluding hydrogens is 246 g/mol. The lowest BCUT2D eigenvalue weighted by Gasteiger charge is -2.11. The summed E-state index contributed by atoms with van der Waals surface area (Å²) in [7, 11) is -1.54. The Bertz CT molecular complexity index is 572. The van der Waals surface area contributed by atoms with Crippen LogP contribution in [0.15, 0.2) is 42.5 Å². The van der Waals surface area contributed by atoms with Gasteiger partial charge in [0.25, 0.3) is 0 Å². The normalized spacial score (nSPS) is 10.3. The molecule has 0 atom stereocenters. The molecule has 0 heterocycles. The fourth-order valence-corrected chi connectivity index (χ4v) is 1.70. The molecule has 0 bridgehead atoms. The van der Waals surface area contributed by atoms with Gasteiger partial charge in [-0.3, -0.25) is 0 Å². The van der Waals surface area contributed by atoms with Crippen LogP contribution in [0.2, 0.25) is 0 Å². The molecular formula is C14H14BFO3. The molecule has 0 radical (unpaired) electrons. The van der Waals surface area contributed by atoms with E-state index in [1.807, 2.05) is 6.92 Å². The van der Waals surface area contributed by atoms with Gasteiger partial charge >= 0.3 is 7.12 Å². The lowest BCUT2D eigenvalue weighted by molar-refractivity contribution is 0.298. The Hall–Kier alpha value is -1.85. The van der Waals surface area contributed by atoms with Crippen molar-refractivity contribution in [1.29, 1.82) is 0 Å². The molecule has 2 N–H and O–H groups in total. The van der Waals surface area contributed by atoms with Gasteiger partial charge in [0.2, 0.25) is 0 Å². The van der Waals surface area contributed by atoms with Crippen LogP contribution in [0.25, 0.3) is 0 Å². The van der Waals surface area contributed by atoms with E-state index in [1.54, 1.807) is 36.4 Å². The largest absolute Gasteiger partial charge is 0.489 e. The number of ether oxygens (including phenoxy) is 1. The van der Waals surface area contributed by atoms with Crippen molar-refractivity contribution in [3.05, 3.63) is 59.4 Å². The Morgan fingerprint density at radius 1 is 1.16 bits per heavy atom. The second-order valence-corrected chi connectivity index (χ2v) is 4.28. The third kappa shape index (κ3) is 3.33. The van der Waals surface area contributed by atoms with Gasteiger partial charge in [0.1, 0.15) is 18.2 Å². The lowest BCUT2D eigenvalue weighted by Crippen LogP contribution is -2.29. The van der Waals surface area contributed by atoms with Gasteiger partial charge in [0.15, 0.2) is 0 Å². The molecule has 5 heteroatoms. The molecule has 98 valence electrons. The summed E-state index contributed by atoms with van der Waals surface area (Å²) in [6.45, 7) is 1.93. The predicted molar refractivity (Wildman–Crippen MR) is 71.7 cm³/mol. The molecule has 0 amide bonds. The van der Waals surface area contributed by atoms with Gasteiger partial charge in [-0.1, -0.05) is 30.3 Å². The molecule has 2 rings (SSSR count). The average Bonchev–Trinajstić information content (AvgIpc) is 2.39. The highest BCUT2D eigenvalue weighted by molar-refractivity contribution is 6.58. The molecule has 0 spiro atoms. The minimum Gasteiger partial charge on any atom is -0.489 e. The van der Waals surface area contributed by atoms with Crippen molar-refractivity contribution in [2.45, 2.75) is 13.5 Å². The van der Waals surface area contributed by atoms with Crippen molar-refractivity contribution in [3.8, 4) is 5.75 Å². The van der Waals surface area contributed by atoms with Crippen LogP contribution >= 0.6 is 0 Å². The minimum absolute atomic E-state index is 0.0957. The summed E-state index contributed by atoms with van der Waals surface area (Å²) < 4.78 is 19.0. The number of hydrogen-bond donors (Lipinski definition) is 2. The summed E-state index contributed by atoms with van der Waals surface area (Å²) >= 11 is 0. The highest BCUT2D eigenvalue weighted by atomic mass is 19.1. The predicted octanol–water partition coefficient (Wildman–Crippen LogP) is 1.39. The molecule has 19 heavy (non-hydrogen) atoms. The molecule has 0 unspecified atom stereocenters. The van der Waals surface area contributed by atoms with E-state index in [0.29, 0.717) is 16.8 Å². The number of halogens is 1. The van der Waals surface area contributed by atoms with E-state index in [2.05, 4.69) is 0 Å². The molecule has 0 aliphatic heterocycles. The van der Waals surface area contributed by atoms with Crippen LogP contribution in [-0.2, 0) is 6.61 Å². The van der Waals surface area contributed by atoms with E-state index in [1.165, 1.54) is 6.07 Å². The zero-order valence-corrected chi connectivity index (χ0v) is 10.5. The smallest absolute Gasteiger partial charge is 0.488 e. The summed E-state index contributed by atoms with van der Waals surface area (Å²) in [5.41, 5.74) is 1.65. The van der Waals surface area contributed by atoms with Gasteiger partial charge in [-0.05, 0) is 30.1 Å². The van der Waals surface area contributed by atoms with Crippen LogP contribution in [0.5, 0.6) is 5.75 Å². The Labute approximate surface area is 111 Å². The van der Waals surface area contributed by atoms with Crippen molar-refractivity contribution in [1.82, 2.24) is 0 Å². The highest BCUT2D eigenvalue weighted by Gasteiger charge is 2.13. The third-order valence-corrected chi connectivity index (χ3v) is 2.85. The first-order valence-corrected chi connectivity index (χ1v) is 5.91. The summed E-state index contributed by atoms with van der Waals surface area (Å²) in [6, 6.07) is 11.3. The van der Waals surface area contributed by atoms with Gasteiger partial charge in [-0.25, -0.2) is 4.39 Å². The highest BCUT2D eigenvalue weighted by Crippen LogP contribution is 2.18. The Kier molecular flexibility index (Phi) is 4.19. The molecule has 0 saturated carbocycles. The maximum Gasteiger partial charge on any atom is 0.488 e. The topological polar surface area (TPSA) is 49.7 Å². The van der Waals surface area contributed by atoms with Crippen LogP contribution in [-0.4, -0.2) is 17.2 Å². The van der Waals surface area contributed by atoms with Gasteiger partial charge in [0, 0.05) is 5.56 Å². The van der Waals surface area contributed by atoms with Crippen molar-refractivity contribution in [2.75, 3.05) is 0 Å². The van der Waals surface area contributed by atoms with E-state index in [4.69, 9.17) is 14.8 Å². The van der Waals surface area contributed by atoms with Gasteiger partial charge in [-0.15, -0.1) is 0 Å². The summed E-state index contributed by atoms with van der Waals surface area (Å²) in [5, 5.41) is 18.2. The average molecular weight is 260 g/mol. The van der Waals surface area contributed by atoms with Crippen LogP contribution in [0, 0.1) is 12.7 Å². The molecule has 2 aromatic rings. The zero-order chi connectivity index (χ0) is 13.8. The Balaban J connectivity index is 2.15. The summed E-state index contributed by atoms with van der Waals surface area (Å²) in [6.07, 6.45) is 0. The van der Waals surface area contributed by atoms with E-state index in [0.717, 1.165) is 5.56 Å². The molecule has 2 aromatic carbocycles. The maximum absolute atomic E-state index is 13.4. The Morgan fingerprint density at radius 3 is 2.58 bits per heavy atom. The van der Waals surface area contributed by atoms with Crippen LogP contribution in [0.3, 0.4) is 0 Å². The maximum atomic E-state index is 13.4. The van der Waals surface area contributed by atoms with Gasteiger partial charge in [-0.2, -0.15) is 0 Å². The quantitative estimate of drug-likeness (QED) is 0.817. The second kappa shape index (κ2) is 5.86. The SMILES string of the molecule is Cc1ccc(B(O)O)cc1OCc1ccccc1F. The molecule has 0 saturated heterocycles. The van der Waals surface area contributed by atoms with E-state index in [-0.39, 0.29) is 12.4 Å². The number of benzene rings is 2. The fourth-order valence-electron chi connectivity index (χ4n) is 1.70. The monoisotopic (exact) mass is 260 g/mol. The second-order valence-electron chi connectivity index (χ2n) is 4.28. The molecule has 0 fully saturated rings. The van der Waals surface area contributed by atoms with Gasteiger partial charge in [0.05, 0.1) is 0 Å². The first-order valence-electron chi connectivity index (χ1n) is 5.91. The molecule has 0 aromatic heterocycles. The molecule has 0 aliphatic rings. The van der Waals surface area contributed by atoms with E-state index >= 15 is 0 Å². The van der Waals surface area contributed by atoms with Crippen molar-refractivity contribution >= 4 is 12.6 Å². The first-order chi connectivity index (χ1) is 9.08. The van der Waals surface area contributed by atoms with Crippen molar-refractivity contribution in [3.63, 3.8) is 0 Å². The van der Waals surface area contributed by atoms with Crippen LogP contribution in [0.1, 0.15) is 11.1 Å². The third-order valence-electron chi connectivity index (χ3n) is 2.85. The zero-order valence-electron chi connectivity index (χ0n) is 10.5. The number of rotatable bonds is 4. The summed E-state index contributed by atoms with van der Waals surface area (Å²) in [5.74, 6) is 0.187. The number of hydrogen-bond acceptors (Lipinski definition) is 3. The standard InChI is InChI=1S/C14H14BFO3/c1-10-6-7-12(15(17)18)8-14(10)19-9-11-4-2-3-5-13(11)16/h2-8,17-18H,9H2,1H3. The summed E-state index contributed by atoms with van der Waals surface area (Å²) in [4.78, 5) is 0. The first kappa shape index (κ1) is 13.6. The van der Waals surface area contributed by atoms with Gasteiger partial charge < -0.3 is 14.8 Å². The lowest BCUT2D eigenvalue weighted by atomic mass is 9.80. The van der Waals surface area contributed by atoms with Crippen LogP contribution < -0.4 is 10.2 Å². The number of aryl methyl sites for hydroxylation is 1. The fraction of sp³-hybridized carbons (Fsp3) is 0.143. The van der Waals surface area contributed by atoms with E-state index in [9.17, 15) is 4.39 Å². The van der Waals surface area contributed by atoms with E-state index < -0.39 is 7.12 Å². The Morgan fingerprint density at radius 2 is 1.89 bits per heavy atom. The minimum atomic E-state index is -1.54.